The van der Waals surface area contributed by atoms with Gasteiger partial charge in [-0.05, 0) is 49.8 Å². The van der Waals surface area contributed by atoms with Crippen molar-refractivity contribution in [2.45, 2.75) is 31.7 Å². The maximum atomic E-state index is 11.9. The number of aliphatic hydroxyl groups is 1. The van der Waals surface area contributed by atoms with Crippen molar-refractivity contribution in [1.82, 2.24) is 5.32 Å². The molecule has 1 fully saturated rings. The molecule has 0 spiro atoms. The van der Waals surface area contributed by atoms with Crippen LogP contribution in [0, 0.1) is 5.92 Å². The van der Waals surface area contributed by atoms with Gasteiger partial charge in [0.05, 0.1) is 0 Å². The van der Waals surface area contributed by atoms with E-state index in [9.17, 15) is 4.79 Å². The summed E-state index contributed by atoms with van der Waals surface area (Å²) in [5.41, 5.74) is 0.573. The Balaban J connectivity index is 1.83. The zero-order chi connectivity index (χ0) is 14.5. The Labute approximate surface area is 128 Å². The van der Waals surface area contributed by atoms with Crippen LogP contribution in [-0.2, 0) is 0 Å². The molecule has 2 rings (SSSR count). The summed E-state index contributed by atoms with van der Waals surface area (Å²) in [6, 6.07) is 4.82. The maximum absolute atomic E-state index is 11.9. The molecule has 0 radical (unpaired) electrons. The number of halogens is 2. The third kappa shape index (κ3) is 4.54. The highest BCUT2D eigenvalue weighted by Gasteiger charge is 2.21. The van der Waals surface area contributed by atoms with E-state index >= 15 is 0 Å². The van der Waals surface area contributed by atoms with Gasteiger partial charge in [-0.1, -0.05) is 23.2 Å². The number of amides is 2. The van der Waals surface area contributed by atoms with Crippen LogP contribution in [0.3, 0.4) is 0 Å². The second kappa shape index (κ2) is 7.16. The van der Waals surface area contributed by atoms with Crippen molar-refractivity contribution in [2.24, 2.45) is 5.92 Å². The molecule has 3 N–H and O–H groups in total. The first-order valence-electron chi connectivity index (χ1n) is 6.71. The summed E-state index contributed by atoms with van der Waals surface area (Å²) in [5.74, 6) is 0.378. The summed E-state index contributed by atoms with van der Waals surface area (Å²) in [7, 11) is 0. The quantitative estimate of drug-likeness (QED) is 0.796. The van der Waals surface area contributed by atoms with E-state index in [-0.39, 0.29) is 18.7 Å². The lowest BCUT2D eigenvalue weighted by molar-refractivity contribution is 0.176. The topological polar surface area (TPSA) is 61.4 Å². The fourth-order valence-electron chi connectivity index (χ4n) is 2.47. The smallest absolute Gasteiger partial charge is 0.319 e. The molecule has 0 aromatic heterocycles. The highest BCUT2D eigenvalue weighted by Crippen LogP contribution is 2.24. The van der Waals surface area contributed by atoms with Gasteiger partial charge >= 0.3 is 6.03 Å². The number of urea groups is 1. The minimum atomic E-state index is -0.254. The Morgan fingerprint density at radius 1 is 1.15 bits per heavy atom. The number of carbonyl (C=O) groups is 1. The molecule has 1 saturated carbocycles. The highest BCUT2D eigenvalue weighted by molar-refractivity contribution is 6.35. The van der Waals surface area contributed by atoms with Crippen LogP contribution in [0.1, 0.15) is 25.7 Å². The van der Waals surface area contributed by atoms with Gasteiger partial charge in [-0.2, -0.15) is 0 Å². The number of benzene rings is 1. The molecule has 0 heterocycles. The lowest BCUT2D eigenvalue weighted by Gasteiger charge is -2.27. The second-order valence-electron chi connectivity index (χ2n) is 5.16. The van der Waals surface area contributed by atoms with E-state index < -0.39 is 0 Å². The molecule has 20 heavy (non-hydrogen) atoms. The van der Waals surface area contributed by atoms with Gasteiger partial charge in [-0.15, -0.1) is 0 Å². The number of hydrogen-bond acceptors (Lipinski definition) is 2. The second-order valence-corrected chi connectivity index (χ2v) is 6.03. The molecule has 1 aromatic rings. The highest BCUT2D eigenvalue weighted by atomic mass is 35.5. The van der Waals surface area contributed by atoms with Gasteiger partial charge in [0, 0.05) is 28.4 Å². The monoisotopic (exact) mass is 316 g/mol. The van der Waals surface area contributed by atoms with Gasteiger partial charge in [0.1, 0.15) is 0 Å². The Bertz CT molecular complexity index is 454. The van der Waals surface area contributed by atoms with Crippen LogP contribution in [0.4, 0.5) is 10.5 Å². The third-order valence-corrected chi connectivity index (χ3v) is 4.00. The molecular formula is C14H18Cl2N2O2. The fourth-order valence-corrected chi connectivity index (χ4v) is 2.99. The minimum Gasteiger partial charge on any atom is -0.396 e. The van der Waals surface area contributed by atoms with Crippen LogP contribution < -0.4 is 10.6 Å². The molecule has 0 atom stereocenters. The minimum absolute atomic E-state index is 0.160. The van der Waals surface area contributed by atoms with Crippen molar-refractivity contribution in [3.63, 3.8) is 0 Å². The summed E-state index contributed by atoms with van der Waals surface area (Å²) in [4.78, 5) is 11.9. The van der Waals surface area contributed by atoms with Crippen molar-refractivity contribution < 1.29 is 9.90 Å². The zero-order valence-electron chi connectivity index (χ0n) is 11.0. The first kappa shape index (κ1) is 15.4. The van der Waals surface area contributed by atoms with Crippen molar-refractivity contribution >= 4 is 34.9 Å². The molecule has 2 amide bonds. The Morgan fingerprint density at radius 2 is 1.75 bits per heavy atom. The van der Waals surface area contributed by atoms with Gasteiger partial charge in [0.15, 0.2) is 0 Å². The molecule has 110 valence electrons. The van der Waals surface area contributed by atoms with Crippen LogP contribution in [0.25, 0.3) is 0 Å². The van der Waals surface area contributed by atoms with E-state index in [1.165, 1.54) is 0 Å². The molecule has 4 nitrogen and oxygen atoms in total. The van der Waals surface area contributed by atoms with Gasteiger partial charge in [-0.25, -0.2) is 4.79 Å². The predicted molar refractivity (Wildman–Crippen MR) is 81.4 cm³/mol. The first-order valence-corrected chi connectivity index (χ1v) is 7.47. The standard InChI is InChI=1S/C14H18Cl2N2O2/c15-10-5-11(16)7-13(6-10)18-14(20)17-12-3-1-9(8-19)2-4-12/h5-7,9,12,19H,1-4,8H2,(H2,17,18,20). The molecule has 0 unspecified atom stereocenters. The van der Waals surface area contributed by atoms with Crippen molar-refractivity contribution in [3.8, 4) is 0 Å². The number of hydrogen-bond donors (Lipinski definition) is 3. The van der Waals surface area contributed by atoms with E-state index in [4.69, 9.17) is 28.3 Å². The summed E-state index contributed by atoms with van der Waals surface area (Å²) in [6.45, 7) is 0.236. The molecule has 6 heteroatoms. The van der Waals surface area contributed by atoms with Crippen LogP contribution >= 0.6 is 23.2 Å². The molecule has 0 saturated heterocycles. The maximum Gasteiger partial charge on any atom is 0.319 e. The average molecular weight is 317 g/mol. The van der Waals surface area contributed by atoms with Crippen LogP contribution in [-0.4, -0.2) is 23.8 Å². The van der Waals surface area contributed by atoms with Crippen molar-refractivity contribution in [1.29, 1.82) is 0 Å². The number of aliphatic hydroxyl groups excluding tert-OH is 1. The van der Waals surface area contributed by atoms with E-state index in [0.717, 1.165) is 25.7 Å². The summed E-state index contributed by atoms with van der Waals surface area (Å²) >= 11 is 11.8. The van der Waals surface area contributed by atoms with E-state index in [1.807, 2.05) is 0 Å². The zero-order valence-corrected chi connectivity index (χ0v) is 12.5. The predicted octanol–water partition coefficient (Wildman–Crippen LogP) is 3.67. The van der Waals surface area contributed by atoms with Crippen molar-refractivity contribution in [2.75, 3.05) is 11.9 Å². The normalized spacial score (nSPS) is 22.4. The Kier molecular flexibility index (Phi) is 5.52. The van der Waals surface area contributed by atoms with Gasteiger partial charge in [0.25, 0.3) is 0 Å². The van der Waals surface area contributed by atoms with Crippen LogP contribution in [0.2, 0.25) is 10.0 Å². The molecule has 1 aliphatic rings. The molecular weight excluding hydrogens is 299 g/mol. The molecule has 1 aromatic carbocycles. The van der Waals surface area contributed by atoms with E-state index in [0.29, 0.717) is 21.7 Å². The lowest BCUT2D eigenvalue weighted by Crippen LogP contribution is -2.40. The third-order valence-electron chi connectivity index (χ3n) is 3.56. The molecule has 0 bridgehead atoms. The largest absolute Gasteiger partial charge is 0.396 e. The van der Waals surface area contributed by atoms with Crippen LogP contribution in [0.5, 0.6) is 0 Å². The first-order chi connectivity index (χ1) is 9.56. The molecule has 1 aliphatic carbocycles. The SMILES string of the molecule is O=C(Nc1cc(Cl)cc(Cl)c1)NC1CCC(CO)CC1. The number of anilines is 1. The number of rotatable bonds is 3. The van der Waals surface area contributed by atoms with Gasteiger partial charge in [0.2, 0.25) is 0 Å². The fraction of sp³-hybridized carbons (Fsp3) is 0.500. The van der Waals surface area contributed by atoms with E-state index in [2.05, 4.69) is 10.6 Å². The average Bonchev–Trinajstić information content (AvgIpc) is 2.38. The van der Waals surface area contributed by atoms with Gasteiger partial charge < -0.3 is 15.7 Å². The van der Waals surface area contributed by atoms with Gasteiger partial charge in [-0.3, -0.25) is 0 Å². The Hall–Kier alpha value is -0.970. The van der Waals surface area contributed by atoms with E-state index in [1.54, 1.807) is 18.2 Å². The summed E-state index contributed by atoms with van der Waals surface area (Å²) in [6.07, 6.45) is 3.69. The molecule has 0 aliphatic heterocycles. The van der Waals surface area contributed by atoms with Crippen molar-refractivity contribution in [3.05, 3.63) is 28.2 Å². The number of carbonyl (C=O) groups excluding carboxylic acids is 1. The number of nitrogens with one attached hydrogen (secondary N) is 2. The lowest BCUT2D eigenvalue weighted by atomic mass is 9.87. The Morgan fingerprint density at radius 3 is 2.30 bits per heavy atom. The summed E-state index contributed by atoms with van der Waals surface area (Å²) < 4.78 is 0. The van der Waals surface area contributed by atoms with Crippen LogP contribution in [0.15, 0.2) is 18.2 Å². The summed E-state index contributed by atoms with van der Waals surface area (Å²) in [5, 5.41) is 15.7.